The first-order valence-corrected chi connectivity index (χ1v) is 11.1. The number of nitrogens with zero attached hydrogens (tertiary/aromatic N) is 2. The maximum absolute atomic E-state index is 13.4. The molecule has 0 bridgehead atoms. The number of fused-ring (bicyclic) bond motifs is 1. The minimum Gasteiger partial charge on any atom is -0.325 e. The van der Waals surface area contributed by atoms with E-state index in [1.807, 2.05) is 38.1 Å². The molecule has 0 atom stereocenters. The second kappa shape index (κ2) is 8.64. The highest BCUT2D eigenvalue weighted by Crippen LogP contribution is 2.44. The van der Waals surface area contributed by atoms with Gasteiger partial charge in [-0.1, -0.05) is 74.2 Å². The van der Waals surface area contributed by atoms with Gasteiger partial charge in [-0.25, -0.2) is 0 Å². The van der Waals surface area contributed by atoms with Crippen molar-refractivity contribution < 1.29 is 14.4 Å². The Morgan fingerprint density at radius 3 is 2.39 bits per heavy atom. The maximum Gasteiger partial charge on any atom is 0.267 e. The van der Waals surface area contributed by atoms with Crippen LogP contribution in [0.2, 0.25) is 0 Å². The molecule has 2 aromatic carbocycles. The predicted molar refractivity (Wildman–Crippen MR) is 128 cm³/mol. The summed E-state index contributed by atoms with van der Waals surface area (Å²) in [5, 5.41) is 2.80. The van der Waals surface area contributed by atoms with Gasteiger partial charge >= 0.3 is 0 Å². The summed E-state index contributed by atoms with van der Waals surface area (Å²) in [5.74, 6) is -0.688. The number of rotatable bonds is 5. The molecule has 2 aliphatic rings. The fraction of sp³-hybridized carbons (Fsp3) is 0.217. The summed E-state index contributed by atoms with van der Waals surface area (Å²) in [5.41, 5.74) is 2.22. The third-order valence-corrected chi connectivity index (χ3v) is 6.35. The van der Waals surface area contributed by atoms with E-state index in [1.54, 1.807) is 35.2 Å². The average Bonchev–Trinajstić information content (AvgIpc) is 3.16. The van der Waals surface area contributed by atoms with Crippen molar-refractivity contribution in [3.05, 3.63) is 65.1 Å². The Labute approximate surface area is 190 Å². The molecular formula is C23H21N3O3S2. The number of benzene rings is 2. The molecule has 4 rings (SSSR count). The lowest BCUT2D eigenvalue weighted by Crippen LogP contribution is -2.35. The largest absolute Gasteiger partial charge is 0.325 e. The lowest BCUT2D eigenvalue weighted by Gasteiger charge is -2.17. The van der Waals surface area contributed by atoms with Gasteiger partial charge in [0.15, 0.2) is 0 Å². The minimum atomic E-state index is -0.366. The first-order chi connectivity index (χ1) is 14.9. The van der Waals surface area contributed by atoms with Gasteiger partial charge in [-0.2, -0.15) is 0 Å². The van der Waals surface area contributed by atoms with Gasteiger partial charge < -0.3 is 5.32 Å². The number of hydrogen-bond acceptors (Lipinski definition) is 5. The fourth-order valence-corrected chi connectivity index (χ4v) is 4.94. The van der Waals surface area contributed by atoms with E-state index in [1.165, 1.54) is 4.90 Å². The molecule has 1 saturated heterocycles. The van der Waals surface area contributed by atoms with Crippen LogP contribution in [0.25, 0.3) is 5.57 Å². The Balaban J connectivity index is 1.65. The van der Waals surface area contributed by atoms with Crippen LogP contribution < -0.4 is 10.2 Å². The molecule has 1 fully saturated rings. The smallest absolute Gasteiger partial charge is 0.267 e. The van der Waals surface area contributed by atoms with Crippen molar-refractivity contribution in [1.29, 1.82) is 0 Å². The maximum atomic E-state index is 13.4. The van der Waals surface area contributed by atoms with Gasteiger partial charge in [0.1, 0.15) is 10.9 Å². The van der Waals surface area contributed by atoms with Gasteiger partial charge in [0.05, 0.1) is 16.2 Å². The van der Waals surface area contributed by atoms with Crippen LogP contribution in [0.5, 0.6) is 0 Å². The quantitative estimate of drug-likeness (QED) is 0.552. The van der Waals surface area contributed by atoms with Gasteiger partial charge in [0.25, 0.3) is 11.8 Å². The molecule has 2 heterocycles. The van der Waals surface area contributed by atoms with Crippen LogP contribution in [-0.2, 0) is 14.4 Å². The molecule has 0 radical (unpaired) electrons. The first-order valence-electron chi connectivity index (χ1n) is 9.91. The summed E-state index contributed by atoms with van der Waals surface area (Å²) in [4.78, 5) is 42.4. The van der Waals surface area contributed by atoms with E-state index in [4.69, 9.17) is 12.2 Å². The van der Waals surface area contributed by atoms with E-state index in [0.717, 1.165) is 11.8 Å². The second-order valence-electron chi connectivity index (χ2n) is 7.70. The van der Waals surface area contributed by atoms with Crippen LogP contribution in [0.15, 0.2) is 59.5 Å². The highest BCUT2D eigenvalue weighted by atomic mass is 32.2. The highest BCUT2D eigenvalue weighted by molar-refractivity contribution is 8.26. The summed E-state index contributed by atoms with van der Waals surface area (Å²) >= 11 is 6.55. The predicted octanol–water partition coefficient (Wildman–Crippen LogP) is 3.90. The summed E-state index contributed by atoms with van der Waals surface area (Å²) in [6.07, 6.45) is 0. The van der Waals surface area contributed by atoms with E-state index in [-0.39, 0.29) is 30.2 Å². The van der Waals surface area contributed by atoms with E-state index in [0.29, 0.717) is 38.3 Å². The highest BCUT2D eigenvalue weighted by Gasteiger charge is 2.42. The summed E-state index contributed by atoms with van der Waals surface area (Å²) in [6, 6.07) is 16.3. The standard InChI is InChI=1S/C23H21N3O3S2/c1-14(2)12-26-22(29)20(31-23(26)30)19-16-10-6-7-11-17(16)25(21(19)28)13-18(27)24-15-8-4-3-5-9-15/h3-11,14H,12-13H2,1-2H3,(H,24,27)/b20-19+. The number of anilines is 2. The summed E-state index contributed by atoms with van der Waals surface area (Å²) < 4.78 is 0.451. The van der Waals surface area contributed by atoms with Crippen molar-refractivity contribution >= 4 is 63.0 Å². The third kappa shape index (κ3) is 4.13. The number of carbonyl (C=O) groups excluding carboxylic acids is 3. The Hall–Kier alpha value is -2.97. The molecule has 2 aromatic rings. The zero-order valence-electron chi connectivity index (χ0n) is 17.1. The molecular weight excluding hydrogens is 430 g/mol. The number of carbonyl (C=O) groups is 3. The van der Waals surface area contributed by atoms with Crippen molar-refractivity contribution in [2.75, 3.05) is 23.3 Å². The Bertz CT molecular complexity index is 1110. The van der Waals surface area contributed by atoms with Gasteiger partial charge in [0, 0.05) is 17.8 Å². The molecule has 8 heteroatoms. The Morgan fingerprint density at radius 2 is 1.68 bits per heavy atom. The van der Waals surface area contributed by atoms with Crippen LogP contribution in [0.3, 0.4) is 0 Å². The van der Waals surface area contributed by atoms with E-state index >= 15 is 0 Å². The topological polar surface area (TPSA) is 69.7 Å². The monoisotopic (exact) mass is 451 g/mol. The number of para-hydroxylation sites is 2. The molecule has 6 nitrogen and oxygen atoms in total. The number of amides is 3. The average molecular weight is 452 g/mol. The molecule has 158 valence electrons. The molecule has 1 N–H and O–H groups in total. The minimum absolute atomic E-state index is 0.152. The Morgan fingerprint density at radius 1 is 1.00 bits per heavy atom. The van der Waals surface area contributed by atoms with Crippen molar-refractivity contribution in [3.63, 3.8) is 0 Å². The van der Waals surface area contributed by atoms with Crippen molar-refractivity contribution in [2.24, 2.45) is 5.92 Å². The molecule has 0 saturated carbocycles. The zero-order valence-corrected chi connectivity index (χ0v) is 18.8. The fourth-order valence-electron chi connectivity index (χ4n) is 3.59. The molecule has 0 aromatic heterocycles. The van der Waals surface area contributed by atoms with Crippen molar-refractivity contribution in [3.8, 4) is 0 Å². The van der Waals surface area contributed by atoms with Gasteiger partial charge in [0.2, 0.25) is 5.91 Å². The van der Waals surface area contributed by atoms with Crippen LogP contribution in [0, 0.1) is 5.92 Å². The van der Waals surface area contributed by atoms with Gasteiger partial charge in [-0.05, 0) is 24.1 Å². The SMILES string of the molecule is CC(C)CN1C(=O)/C(=C2\C(=O)N(CC(=O)Nc3ccccc3)c3ccccc32)SC1=S. The number of thioether (sulfide) groups is 1. The normalized spacial score (nSPS) is 18.2. The molecule has 0 aliphatic carbocycles. The second-order valence-corrected chi connectivity index (χ2v) is 9.35. The van der Waals surface area contributed by atoms with Crippen LogP contribution in [0.4, 0.5) is 11.4 Å². The first kappa shape index (κ1) is 21.3. The third-order valence-electron chi connectivity index (χ3n) is 4.91. The molecule has 2 aliphatic heterocycles. The lowest BCUT2D eigenvalue weighted by atomic mass is 10.1. The molecule has 31 heavy (non-hydrogen) atoms. The van der Waals surface area contributed by atoms with E-state index < -0.39 is 0 Å². The van der Waals surface area contributed by atoms with E-state index in [9.17, 15) is 14.4 Å². The van der Waals surface area contributed by atoms with Crippen molar-refractivity contribution in [1.82, 2.24) is 4.90 Å². The molecule has 3 amide bonds. The number of hydrogen-bond donors (Lipinski definition) is 1. The van der Waals surface area contributed by atoms with Gasteiger partial charge in [-0.3, -0.25) is 24.2 Å². The van der Waals surface area contributed by atoms with Gasteiger partial charge in [-0.15, -0.1) is 0 Å². The lowest BCUT2D eigenvalue weighted by molar-refractivity contribution is -0.122. The zero-order chi connectivity index (χ0) is 22.1. The van der Waals surface area contributed by atoms with Crippen LogP contribution >= 0.6 is 24.0 Å². The molecule has 0 spiro atoms. The summed E-state index contributed by atoms with van der Waals surface area (Å²) in [7, 11) is 0. The number of thiocarbonyl (C=S) groups is 1. The molecule has 0 unspecified atom stereocenters. The van der Waals surface area contributed by atoms with Crippen LogP contribution in [-0.4, -0.2) is 40.0 Å². The number of nitrogens with one attached hydrogen (secondary N) is 1. The Kier molecular flexibility index (Phi) is 5.93. The van der Waals surface area contributed by atoms with Crippen molar-refractivity contribution in [2.45, 2.75) is 13.8 Å². The van der Waals surface area contributed by atoms with Crippen LogP contribution in [0.1, 0.15) is 19.4 Å². The van der Waals surface area contributed by atoms with E-state index in [2.05, 4.69) is 5.32 Å². The summed E-state index contributed by atoms with van der Waals surface area (Å²) in [6.45, 7) is 4.37.